The van der Waals surface area contributed by atoms with E-state index < -0.39 is 0 Å². The summed E-state index contributed by atoms with van der Waals surface area (Å²) in [6.45, 7) is 4.54. The molecular weight excluding hydrogens is 190 g/mol. The molecule has 2 aromatic heterocycles. The second-order valence-electron chi connectivity index (χ2n) is 3.74. The Hall–Kier alpha value is -0.890. The molecule has 14 heavy (non-hydrogen) atoms. The van der Waals surface area contributed by atoms with Crippen LogP contribution in [0.15, 0.2) is 24.4 Å². The normalized spacial score (nSPS) is 13.3. The maximum absolute atomic E-state index is 4.36. The molecule has 0 spiro atoms. The summed E-state index contributed by atoms with van der Waals surface area (Å²) in [6.07, 6.45) is 4.39. The lowest BCUT2D eigenvalue weighted by Gasteiger charge is -2.05. The first-order valence-electron chi connectivity index (χ1n) is 5.15. The lowest BCUT2D eigenvalue weighted by molar-refractivity contribution is 0.675. The number of hydrogen-bond donors (Lipinski definition) is 0. The molecule has 2 heterocycles. The third-order valence-electron chi connectivity index (χ3n) is 2.52. The molecule has 2 heteroatoms. The minimum Gasteiger partial charge on any atom is -0.245 e. The highest BCUT2D eigenvalue weighted by atomic mass is 32.1. The van der Waals surface area contributed by atoms with E-state index in [0.717, 1.165) is 0 Å². The maximum Gasteiger partial charge on any atom is 0.123 e. The molecule has 74 valence electrons. The van der Waals surface area contributed by atoms with Crippen LogP contribution in [0.25, 0.3) is 10.2 Å². The lowest BCUT2D eigenvalue weighted by atomic mass is 10.0. The van der Waals surface area contributed by atoms with Crippen molar-refractivity contribution in [1.82, 2.24) is 4.98 Å². The highest BCUT2D eigenvalue weighted by molar-refractivity contribution is 7.18. The molecule has 0 radical (unpaired) electrons. The van der Waals surface area contributed by atoms with Crippen molar-refractivity contribution in [3.63, 3.8) is 0 Å². The van der Waals surface area contributed by atoms with Gasteiger partial charge < -0.3 is 0 Å². The second-order valence-corrected chi connectivity index (χ2v) is 4.80. The Labute approximate surface area is 88.8 Å². The number of nitrogens with zero attached hydrogens (tertiary/aromatic N) is 1. The molecule has 0 bridgehead atoms. The summed E-state index contributed by atoms with van der Waals surface area (Å²) >= 11 is 1.83. The summed E-state index contributed by atoms with van der Waals surface area (Å²) in [5.41, 5.74) is 0. The van der Waals surface area contributed by atoms with Crippen molar-refractivity contribution in [2.24, 2.45) is 0 Å². The molecule has 1 nitrogen and oxygen atoms in total. The maximum atomic E-state index is 4.36. The van der Waals surface area contributed by atoms with E-state index in [2.05, 4.69) is 31.0 Å². The van der Waals surface area contributed by atoms with Crippen LogP contribution in [0.3, 0.4) is 0 Å². The van der Waals surface area contributed by atoms with E-state index in [9.17, 15) is 0 Å². The van der Waals surface area contributed by atoms with Gasteiger partial charge in [-0.15, -0.1) is 11.3 Å². The molecule has 0 N–H and O–H groups in total. The number of rotatable bonds is 3. The highest BCUT2D eigenvalue weighted by Crippen LogP contribution is 2.31. The average Bonchev–Trinajstić information content (AvgIpc) is 2.61. The minimum absolute atomic E-state index is 0.680. The minimum atomic E-state index is 0.680. The summed E-state index contributed by atoms with van der Waals surface area (Å²) < 4.78 is 0. The second kappa shape index (κ2) is 4.09. The van der Waals surface area contributed by atoms with Gasteiger partial charge in [0.25, 0.3) is 0 Å². The van der Waals surface area contributed by atoms with Crippen molar-refractivity contribution in [2.45, 2.75) is 32.6 Å². The average molecular weight is 205 g/mol. The van der Waals surface area contributed by atoms with E-state index in [0.29, 0.717) is 5.92 Å². The largest absolute Gasteiger partial charge is 0.245 e. The third-order valence-corrected chi connectivity index (χ3v) is 3.81. The fourth-order valence-electron chi connectivity index (χ4n) is 1.71. The SMILES string of the molecule is CCCC(C)c1cc2cccnc2s1. The fourth-order valence-corrected chi connectivity index (χ4v) is 2.80. The van der Waals surface area contributed by atoms with E-state index in [-0.39, 0.29) is 0 Å². The van der Waals surface area contributed by atoms with E-state index in [1.807, 2.05) is 23.6 Å². The monoisotopic (exact) mass is 205 g/mol. The Morgan fingerprint density at radius 1 is 1.50 bits per heavy atom. The van der Waals surface area contributed by atoms with Crippen LogP contribution in [0, 0.1) is 0 Å². The molecule has 0 amide bonds. The van der Waals surface area contributed by atoms with Crippen LogP contribution in [0.4, 0.5) is 0 Å². The number of fused-ring (bicyclic) bond motifs is 1. The molecule has 0 saturated carbocycles. The van der Waals surface area contributed by atoms with Gasteiger partial charge >= 0.3 is 0 Å². The topological polar surface area (TPSA) is 12.9 Å². The predicted molar refractivity (Wildman–Crippen MR) is 62.9 cm³/mol. The third kappa shape index (κ3) is 1.80. The van der Waals surface area contributed by atoms with E-state index >= 15 is 0 Å². The molecule has 0 saturated heterocycles. The van der Waals surface area contributed by atoms with Crippen LogP contribution in [0.1, 0.15) is 37.5 Å². The number of pyridine rings is 1. The molecule has 0 aliphatic rings. The molecule has 2 rings (SSSR count). The van der Waals surface area contributed by atoms with Gasteiger partial charge in [-0.05, 0) is 24.5 Å². The Balaban J connectivity index is 2.35. The number of hydrogen-bond acceptors (Lipinski definition) is 2. The first-order chi connectivity index (χ1) is 6.81. The molecule has 0 aromatic carbocycles. The van der Waals surface area contributed by atoms with Crippen LogP contribution in [0.5, 0.6) is 0 Å². The standard InChI is InChI=1S/C12H15NS/c1-3-5-9(2)11-8-10-6-4-7-13-12(10)14-11/h4,6-9H,3,5H2,1-2H3. The number of aromatic nitrogens is 1. The number of thiophene rings is 1. The summed E-state index contributed by atoms with van der Waals surface area (Å²) in [7, 11) is 0. The van der Waals surface area contributed by atoms with Gasteiger partial charge in [-0.1, -0.05) is 26.3 Å². The first-order valence-corrected chi connectivity index (χ1v) is 5.97. The smallest absolute Gasteiger partial charge is 0.123 e. The van der Waals surface area contributed by atoms with Gasteiger partial charge in [0.1, 0.15) is 4.83 Å². The lowest BCUT2D eigenvalue weighted by Crippen LogP contribution is -1.87. The van der Waals surface area contributed by atoms with Gasteiger partial charge in [0.05, 0.1) is 0 Å². The fraction of sp³-hybridized carbons (Fsp3) is 0.417. The molecule has 0 fully saturated rings. The van der Waals surface area contributed by atoms with Gasteiger partial charge in [0, 0.05) is 16.5 Å². The quantitative estimate of drug-likeness (QED) is 0.731. The first kappa shape index (κ1) is 9.66. The van der Waals surface area contributed by atoms with Crippen molar-refractivity contribution in [2.75, 3.05) is 0 Å². The van der Waals surface area contributed by atoms with E-state index in [4.69, 9.17) is 0 Å². The van der Waals surface area contributed by atoms with Gasteiger partial charge in [0.2, 0.25) is 0 Å². The summed E-state index contributed by atoms with van der Waals surface area (Å²) in [4.78, 5) is 7.01. The molecule has 2 aromatic rings. The molecule has 1 unspecified atom stereocenters. The van der Waals surface area contributed by atoms with Crippen LogP contribution in [-0.2, 0) is 0 Å². The molecular formula is C12H15NS. The van der Waals surface area contributed by atoms with Crippen molar-refractivity contribution in [1.29, 1.82) is 0 Å². The van der Waals surface area contributed by atoms with Crippen molar-refractivity contribution >= 4 is 21.6 Å². The molecule has 1 atom stereocenters. The Morgan fingerprint density at radius 2 is 2.36 bits per heavy atom. The summed E-state index contributed by atoms with van der Waals surface area (Å²) in [5.74, 6) is 0.680. The highest BCUT2D eigenvalue weighted by Gasteiger charge is 2.08. The van der Waals surface area contributed by atoms with Crippen molar-refractivity contribution < 1.29 is 0 Å². The van der Waals surface area contributed by atoms with Gasteiger partial charge in [0.15, 0.2) is 0 Å². The summed E-state index contributed by atoms with van der Waals surface area (Å²) in [5, 5.41) is 1.29. The van der Waals surface area contributed by atoms with Crippen LogP contribution >= 0.6 is 11.3 Å². The van der Waals surface area contributed by atoms with Gasteiger partial charge in [-0.3, -0.25) is 0 Å². The molecule has 0 aliphatic heterocycles. The Kier molecular flexibility index (Phi) is 2.82. The van der Waals surface area contributed by atoms with Crippen LogP contribution in [-0.4, -0.2) is 4.98 Å². The predicted octanol–water partition coefficient (Wildman–Crippen LogP) is 4.20. The van der Waals surface area contributed by atoms with Crippen LogP contribution in [0.2, 0.25) is 0 Å². The van der Waals surface area contributed by atoms with Crippen molar-refractivity contribution in [3.05, 3.63) is 29.3 Å². The molecule has 0 aliphatic carbocycles. The Morgan fingerprint density at radius 3 is 3.07 bits per heavy atom. The zero-order chi connectivity index (χ0) is 9.97. The summed E-state index contributed by atoms with van der Waals surface area (Å²) in [6, 6.07) is 6.43. The van der Waals surface area contributed by atoms with Crippen molar-refractivity contribution in [3.8, 4) is 0 Å². The van der Waals surface area contributed by atoms with Crippen LogP contribution < -0.4 is 0 Å². The van der Waals surface area contributed by atoms with Gasteiger partial charge in [-0.2, -0.15) is 0 Å². The zero-order valence-electron chi connectivity index (χ0n) is 8.66. The van der Waals surface area contributed by atoms with Gasteiger partial charge in [-0.25, -0.2) is 4.98 Å². The van der Waals surface area contributed by atoms with E-state index in [1.165, 1.54) is 27.9 Å². The Bertz CT molecular complexity index is 386. The van der Waals surface area contributed by atoms with E-state index in [1.54, 1.807) is 0 Å². The zero-order valence-corrected chi connectivity index (χ0v) is 9.47.